The normalized spacial score (nSPS) is 16.9. The van der Waals surface area contributed by atoms with Gasteiger partial charge in [0.05, 0.1) is 14.2 Å². The van der Waals surface area contributed by atoms with Gasteiger partial charge in [0.15, 0.2) is 11.5 Å². The smallest absolute Gasteiger partial charge is 0.161 e. The third kappa shape index (κ3) is 3.09. The lowest BCUT2D eigenvalue weighted by atomic mass is 9.64. The van der Waals surface area contributed by atoms with Crippen molar-refractivity contribution in [2.45, 2.75) is 38.5 Å². The number of benzene rings is 1. The van der Waals surface area contributed by atoms with Gasteiger partial charge < -0.3 is 14.8 Å². The molecule has 0 aliphatic heterocycles. The summed E-state index contributed by atoms with van der Waals surface area (Å²) >= 11 is 0. The summed E-state index contributed by atoms with van der Waals surface area (Å²) in [5.41, 5.74) is 1.66. The van der Waals surface area contributed by atoms with Crippen LogP contribution in [0.4, 0.5) is 0 Å². The Morgan fingerprint density at radius 2 is 1.85 bits per heavy atom. The number of ether oxygens (including phenoxy) is 2. The van der Waals surface area contributed by atoms with E-state index in [1.165, 1.54) is 24.8 Å². The Kier molecular flexibility index (Phi) is 4.92. The molecule has 112 valence electrons. The minimum absolute atomic E-state index is 0.286. The van der Waals surface area contributed by atoms with Crippen molar-refractivity contribution in [3.8, 4) is 11.5 Å². The van der Waals surface area contributed by atoms with Crippen molar-refractivity contribution in [1.82, 2.24) is 5.32 Å². The summed E-state index contributed by atoms with van der Waals surface area (Å²) in [6, 6.07) is 6.36. The molecule has 0 radical (unpaired) electrons. The highest BCUT2D eigenvalue weighted by Gasteiger charge is 2.38. The fraction of sp³-hybridized carbons (Fsp3) is 0.647. The molecule has 1 fully saturated rings. The van der Waals surface area contributed by atoms with E-state index in [0.29, 0.717) is 5.92 Å². The number of hydrogen-bond acceptors (Lipinski definition) is 3. The van der Waals surface area contributed by atoms with Gasteiger partial charge in [0.2, 0.25) is 0 Å². The predicted octanol–water partition coefficient (Wildman–Crippen LogP) is 3.37. The van der Waals surface area contributed by atoms with Crippen LogP contribution in [0, 0.1) is 5.92 Å². The first-order chi connectivity index (χ1) is 9.61. The zero-order valence-electron chi connectivity index (χ0n) is 13.2. The molecule has 0 bridgehead atoms. The summed E-state index contributed by atoms with van der Waals surface area (Å²) in [5.74, 6) is 2.33. The first-order valence-corrected chi connectivity index (χ1v) is 7.54. The van der Waals surface area contributed by atoms with Crippen molar-refractivity contribution in [1.29, 1.82) is 0 Å². The number of rotatable bonds is 7. The monoisotopic (exact) mass is 277 g/mol. The van der Waals surface area contributed by atoms with E-state index in [-0.39, 0.29) is 5.41 Å². The van der Waals surface area contributed by atoms with E-state index in [9.17, 15) is 0 Å². The van der Waals surface area contributed by atoms with Crippen molar-refractivity contribution in [3.05, 3.63) is 23.8 Å². The van der Waals surface area contributed by atoms with Gasteiger partial charge in [0.1, 0.15) is 0 Å². The first-order valence-electron chi connectivity index (χ1n) is 7.54. The zero-order chi connectivity index (χ0) is 14.6. The SMILES string of the molecule is COc1ccc(C2(CNCC(C)C)CCC2)cc1OC. The average molecular weight is 277 g/mol. The topological polar surface area (TPSA) is 30.5 Å². The Balaban J connectivity index is 2.14. The lowest BCUT2D eigenvalue weighted by molar-refractivity contribution is 0.230. The maximum absolute atomic E-state index is 5.44. The maximum atomic E-state index is 5.44. The molecule has 0 amide bonds. The fourth-order valence-electron chi connectivity index (χ4n) is 2.94. The van der Waals surface area contributed by atoms with Gasteiger partial charge in [0, 0.05) is 12.0 Å². The van der Waals surface area contributed by atoms with Crippen molar-refractivity contribution in [2.24, 2.45) is 5.92 Å². The number of methoxy groups -OCH3 is 2. The Morgan fingerprint density at radius 1 is 1.15 bits per heavy atom. The van der Waals surface area contributed by atoms with Crippen LogP contribution in [0.1, 0.15) is 38.7 Å². The molecule has 1 aromatic rings. The van der Waals surface area contributed by atoms with Crippen molar-refractivity contribution in [3.63, 3.8) is 0 Å². The molecule has 1 aliphatic carbocycles. The highest BCUT2D eigenvalue weighted by Crippen LogP contribution is 2.45. The van der Waals surface area contributed by atoms with Gasteiger partial charge in [-0.1, -0.05) is 26.3 Å². The van der Waals surface area contributed by atoms with E-state index in [2.05, 4.69) is 31.3 Å². The largest absolute Gasteiger partial charge is 0.493 e. The van der Waals surface area contributed by atoms with Crippen LogP contribution in [-0.2, 0) is 5.41 Å². The van der Waals surface area contributed by atoms with Gasteiger partial charge >= 0.3 is 0 Å². The summed E-state index contributed by atoms with van der Waals surface area (Å²) in [5, 5.41) is 3.62. The van der Waals surface area contributed by atoms with E-state index < -0.39 is 0 Å². The molecule has 0 atom stereocenters. The average Bonchev–Trinajstić information content (AvgIpc) is 2.40. The van der Waals surface area contributed by atoms with Crippen molar-refractivity contribution in [2.75, 3.05) is 27.3 Å². The highest BCUT2D eigenvalue weighted by atomic mass is 16.5. The second-order valence-electron chi connectivity index (χ2n) is 6.23. The molecular formula is C17H27NO2. The Labute approximate surface area is 122 Å². The minimum Gasteiger partial charge on any atom is -0.493 e. The summed E-state index contributed by atoms with van der Waals surface area (Å²) in [6.07, 6.45) is 3.83. The van der Waals surface area contributed by atoms with Crippen molar-refractivity contribution < 1.29 is 9.47 Å². The third-order valence-corrected chi connectivity index (χ3v) is 4.32. The number of nitrogens with one attached hydrogen (secondary N) is 1. The van der Waals surface area contributed by atoms with Crippen molar-refractivity contribution >= 4 is 0 Å². The van der Waals surface area contributed by atoms with Crippen LogP contribution in [0.2, 0.25) is 0 Å². The van der Waals surface area contributed by atoms with Crippen LogP contribution in [0.5, 0.6) is 11.5 Å². The standard InChI is InChI=1S/C17H27NO2/c1-13(2)11-18-12-17(8-5-9-17)14-6-7-15(19-3)16(10-14)20-4/h6-7,10,13,18H,5,8-9,11-12H2,1-4H3. The fourth-order valence-corrected chi connectivity index (χ4v) is 2.94. The molecule has 1 saturated carbocycles. The molecular weight excluding hydrogens is 250 g/mol. The zero-order valence-corrected chi connectivity index (χ0v) is 13.2. The summed E-state index contributed by atoms with van der Waals surface area (Å²) in [6.45, 7) is 6.63. The molecule has 0 saturated heterocycles. The van der Waals surface area contributed by atoms with Gasteiger partial charge in [-0.25, -0.2) is 0 Å². The second kappa shape index (κ2) is 6.49. The van der Waals surface area contributed by atoms with E-state index in [0.717, 1.165) is 24.6 Å². The Bertz CT molecular complexity index is 439. The molecule has 0 unspecified atom stereocenters. The molecule has 1 aromatic carbocycles. The van der Waals surface area contributed by atoms with Gasteiger partial charge in [-0.05, 0) is 43.0 Å². The summed E-state index contributed by atoms with van der Waals surface area (Å²) < 4.78 is 10.8. The molecule has 0 spiro atoms. The first kappa shape index (κ1) is 15.2. The second-order valence-corrected chi connectivity index (χ2v) is 6.23. The van der Waals surface area contributed by atoms with Crippen LogP contribution in [0.15, 0.2) is 18.2 Å². The van der Waals surface area contributed by atoms with Crippen LogP contribution in [-0.4, -0.2) is 27.3 Å². The van der Waals surface area contributed by atoms with Gasteiger partial charge in [0.25, 0.3) is 0 Å². The van der Waals surface area contributed by atoms with E-state index in [1.54, 1.807) is 14.2 Å². The van der Waals surface area contributed by atoms with E-state index >= 15 is 0 Å². The van der Waals surface area contributed by atoms with Gasteiger partial charge in [-0.3, -0.25) is 0 Å². The highest BCUT2D eigenvalue weighted by molar-refractivity contribution is 5.46. The van der Waals surface area contributed by atoms with E-state index in [1.807, 2.05) is 6.07 Å². The van der Waals surface area contributed by atoms with Gasteiger partial charge in [-0.2, -0.15) is 0 Å². The minimum atomic E-state index is 0.286. The third-order valence-electron chi connectivity index (χ3n) is 4.32. The van der Waals surface area contributed by atoms with E-state index in [4.69, 9.17) is 9.47 Å². The molecule has 1 aliphatic rings. The predicted molar refractivity (Wildman–Crippen MR) is 82.8 cm³/mol. The Hall–Kier alpha value is -1.22. The quantitative estimate of drug-likeness (QED) is 0.829. The van der Waals surface area contributed by atoms with Crippen LogP contribution < -0.4 is 14.8 Å². The van der Waals surface area contributed by atoms with Crippen LogP contribution >= 0.6 is 0 Å². The number of hydrogen-bond donors (Lipinski definition) is 1. The van der Waals surface area contributed by atoms with Gasteiger partial charge in [-0.15, -0.1) is 0 Å². The molecule has 20 heavy (non-hydrogen) atoms. The lowest BCUT2D eigenvalue weighted by Gasteiger charge is -2.43. The lowest BCUT2D eigenvalue weighted by Crippen LogP contribution is -2.44. The maximum Gasteiger partial charge on any atom is 0.161 e. The summed E-state index contributed by atoms with van der Waals surface area (Å²) in [7, 11) is 3.38. The molecule has 1 N–H and O–H groups in total. The molecule has 0 heterocycles. The van der Waals surface area contributed by atoms with Crippen LogP contribution in [0.25, 0.3) is 0 Å². The summed E-state index contributed by atoms with van der Waals surface area (Å²) in [4.78, 5) is 0. The van der Waals surface area contributed by atoms with Crippen LogP contribution in [0.3, 0.4) is 0 Å². The molecule has 3 heteroatoms. The molecule has 3 nitrogen and oxygen atoms in total. The Morgan fingerprint density at radius 3 is 2.35 bits per heavy atom. The molecule has 0 aromatic heterocycles. The molecule has 2 rings (SSSR count).